The van der Waals surface area contributed by atoms with Crippen LogP contribution in [0.5, 0.6) is 5.75 Å². The predicted octanol–water partition coefficient (Wildman–Crippen LogP) is 1.40. The van der Waals surface area contributed by atoms with Crippen LogP contribution in [0.3, 0.4) is 0 Å². The Morgan fingerprint density at radius 1 is 1.32 bits per heavy atom. The molecule has 2 aliphatic heterocycles. The Balaban J connectivity index is 1.99. The lowest BCUT2D eigenvalue weighted by molar-refractivity contribution is -0.00347. The van der Waals surface area contributed by atoms with Crippen LogP contribution in [0.15, 0.2) is 18.2 Å². The lowest BCUT2D eigenvalue weighted by Crippen LogP contribution is -2.50. The van der Waals surface area contributed by atoms with Gasteiger partial charge in [0.25, 0.3) is 5.91 Å². The molecule has 1 aromatic carbocycles. The largest absolute Gasteiger partial charge is 0.495 e. The van der Waals surface area contributed by atoms with Crippen molar-refractivity contribution in [3.05, 3.63) is 29.3 Å². The molecule has 2 N–H and O–H groups in total. The Labute approximate surface area is 146 Å². The third-order valence-electron chi connectivity index (χ3n) is 5.29. The van der Waals surface area contributed by atoms with Gasteiger partial charge in [0.1, 0.15) is 11.3 Å². The number of aliphatic hydroxyl groups is 1. The van der Waals surface area contributed by atoms with Crippen LogP contribution in [0.2, 0.25) is 0 Å². The average molecular weight is 349 g/mol. The van der Waals surface area contributed by atoms with Crippen molar-refractivity contribution in [3.63, 3.8) is 0 Å². The number of likely N-dealkylation sites (tertiary alicyclic amines) is 1. The number of aromatic carboxylic acids is 1. The van der Waals surface area contributed by atoms with E-state index in [-0.39, 0.29) is 40.8 Å². The highest BCUT2D eigenvalue weighted by Gasteiger charge is 2.48. The molecule has 1 amide bonds. The van der Waals surface area contributed by atoms with E-state index >= 15 is 0 Å². The van der Waals surface area contributed by atoms with E-state index in [1.165, 1.54) is 13.2 Å². The van der Waals surface area contributed by atoms with Crippen LogP contribution in [0, 0.1) is 5.92 Å². The van der Waals surface area contributed by atoms with Gasteiger partial charge in [0.05, 0.1) is 12.7 Å². The van der Waals surface area contributed by atoms with E-state index in [0.717, 1.165) is 19.3 Å². The van der Waals surface area contributed by atoms with Crippen LogP contribution >= 0.6 is 0 Å². The van der Waals surface area contributed by atoms with E-state index in [1.54, 1.807) is 17.0 Å². The van der Waals surface area contributed by atoms with Crippen LogP contribution in [0.25, 0.3) is 0 Å². The lowest BCUT2D eigenvalue weighted by atomic mass is 9.84. The number of benzene rings is 1. The number of hydrogen-bond donors (Lipinski definition) is 2. The van der Waals surface area contributed by atoms with E-state index in [4.69, 9.17) is 9.47 Å². The van der Waals surface area contributed by atoms with Crippen molar-refractivity contribution in [2.24, 2.45) is 5.92 Å². The molecule has 0 bridgehead atoms. The molecule has 1 atom stereocenters. The van der Waals surface area contributed by atoms with Gasteiger partial charge < -0.3 is 24.6 Å². The first-order chi connectivity index (χ1) is 12.0. The molecular formula is C18H23NO6. The van der Waals surface area contributed by atoms with Gasteiger partial charge in [-0.2, -0.15) is 0 Å². The summed E-state index contributed by atoms with van der Waals surface area (Å²) in [7, 11) is 1.36. The first-order valence-corrected chi connectivity index (χ1v) is 8.43. The number of ether oxygens (including phenoxy) is 2. The second-order valence-electron chi connectivity index (χ2n) is 6.70. The molecule has 7 heteroatoms. The third kappa shape index (κ3) is 3.09. The molecule has 1 unspecified atom stereocenters. The van der Waals surface area contributed by atoms with Crippen molar-refractivity contribution in [2.75, 3.05) is 33.5 Å². The zero-order valence-corrected chi connectivity index (χ0v) is 14.2. The molecule has 3 rings (SSSR count). The van der Waals surface area contributed by atoms with Gasteiger partial charge in [0, 0.05) is 37.8 Å². The number of hydrogen-bond acceptors (Lipinski definition) is 5. The summed E-state index contributed by atoms with van der Waals surface area (Å²) in [5.41, 5.74) is -0.133. The number of carbonyl (C=O) groups excluding carboxylic acids is 1. The molecule has 25 heavy (non-hydrogen) atoms. The Bertz CT molecular complexity index is 668. The van der Waals surface area contributed by atoms with E-state index in [1.807, 2.05) is 0 Å². The minimum Gasteiger partial charge on any atom is -0.495 e. The molecule has 2 heterocycles. The summed E-state index contributed by atoms with van der Waals surface area (Å²) in [4.78, 5) is 26.5. The summed E-state index contributed by atoms with van der Waals surface area (Å²) in [6.45, 7) is 1.64. The third-order valence-corrected chi connectivity index (χ3v) is 5.29. The maximum absolute atomic E-state index is 13.3. The first kappa shape index (κ1) is 17.7. The van der Waals surface area contributed by atoms with Crippen LogP contribution in [-0.2, 0) is 4.74 Å². The zero-order chi connectivity index (χ0) is 18.0. The summed E-state index contributed by atoms with van der Waals surface area (Å²) in [6, 6.07) is 4.56. The maximum Gasteiger partial charge on any atom is 0.339 e. The molecule has 136 valence electrons. The van der Waals surface area contributed by atoms with Gasteiger partial charge in [0.2, 0.25) is 0 Å². The average Bonchev–Trinajstić information content (AvgIpc) is 2.98. The van der Waals surface area contributed by atoms with Gasteiger partial charge in [-0.15, -0.1) is 0 Å². The fourth-order valence-electron chi connectivity index (χ4n) is 4.05. The van der Waals surface area contributed by atoms with Gasteiger partial charge in [0.15, 0.2) is 0 Å². The Morgan fingerprint density at radius 3 is 2.60 bits per heavy atom. The molecule has 7 nitrogen and oxygen atoms in total. The predicted molar refractivity (Wildman–Crippen MR) is 89.0 cm³/mol. The van der Waals surface area contributed by atoms with Crippen molar-refractivity contribution >= 4 is 11.9 Å². The van der Waals surface area contributed by atoms with E-state index in [9.17, 15) is 19.8 Å². The summed E-state index contributed by atoms with van der Waals surface area (Å²) < 4.78 is 10.7. The van der Waals surface area contributed by atoms with Crippen molar-refractivity contribution in [2.45, 2.75) is 24.8 Å². The van der Waals surface area contributed by atoms with Crippen molar-refractivity contribution in [1.29, 1.82) is 0 Å². The molecule has 1 spiro atoms. The summed E-state index contributed by atoms with van der Waals surface area (Å²) in [5.74, 6) is -1.29. The highest BCUT2D eigenvalue weighted by Crippen LogP contribution is 2.42. The number of carbonyl (C=O) groups is 2. The molecule has 2 saturated heterocycles. The molecule has 0 aromatic heterocycles. The number of para-hydroxylation sites is 1. The number of nitrogens with zero attached hydrogens (tertiary/aromatic N) is 1. The second-order valence-corrected chi connectivity index (χ2v) is 6.70. The summed E-state index contributed by atoms with van der Waals surface area (Å²) in [6.07, 6.45) is 2.17. The van der Waals surface area contributed by atoms with Crippen LogP contribution in [0.4, 0.5) is 0 Å². The molecule has 0 aliphatic carbocycles. The topological polar surface area (TPSA) is 96.3 Å². The number of aliphatic hydroxyl groups excluding tert-OH is 1. The number of rotatable bonds is 4. The Hall–Kier alpha value is -2.12. The normalized spacial score (nSPS) is 22.2. The van der Waals surface area contributed by atoms with E-state index in [2.05, 4.69) is 0 Å². The second kappa shape index (κ2) is 7.01. The highest BCUT2D eigenvalue weighted by molar-refractivity contribution is 6.02. The first-order valence-electron chi connectivity index (χ1n) is 8.43. The number of carboxylic acid groups (broad SMARTS) is 1. The standard InChI is InChI=1S/C18H23NO6/c1-24-15-13(3-2-4-14(15)17(22)23)16(21)19-10-12(11-20)9-18(19)5-7-25-8-6-18/h2-4,12,20H,5-11H2,1H3,(H,22,23). The number of carboxylic acids is 1. The van der Waals surface area contributed by atoms with Crippen LogP contribution in [0.1, 0.15) is 40.0 Å². The fourth-order valence-corrected chi connectivity index (χ4v) is 4.05. The molecule has 2 fully saturated rings. The minimum atomic E-state index is -1.14. The quantitative estimate of drug-likeness (QED) is 0.853. The van der Waals surface area contributed by atoms with Crippen molar-refractivity contribution < 1.29 is 29.3 Å². The zero-order valence-electron chi connectivity index (χ0n) is 14.2. The van der Waals surface area contributed by atoms with Crippen LogP contribution < -0.4 is 4.74 Å². The van der Waals surface area contributed by atoms with Crippen molar-refractivity contribution in [3.8, 4) is 5.75 Å². The molecule has 0 radical (unpaired) electrons. The van der Waals surface area contributed by atoms with E-state index in [0.29, 0.717) is 19.8 Å². The smallest absolute Gasteiger partial charge is 0.339 e. The van der Waals surface area contributed by atoms with Gasteiger partial charge in [-0.05, 0) is 31.4 Å². The fraction of sp³-hybridized carbons (Fsp3) is 0.556. The molecule has 0 saturated carbocycles. The van der Waals surface area contributed by atoms with Gasteiger partial charge >= 0.3 is 5.97 Å². The molecule has 2 aliphatic rings. The number of methoxy groups -OCH3 is 1. The van der Waals surface area contributed by atoms with Crippen LogP contribution in [-0.4, -0.2) is 66.0 Å². The molecular weight excluding hydrogens is 326 g/mol. The van der Waals surface area contributed by atoms with Crippen molar-refractivity contribution in [1.82, 2.24) is 4.90 Å². The Kier molecular flexibility index (Phi) is 4.96. The number of amides is 1. The van der Waals surface area contributed by atoms with Gasteiger partial charge in [-0.3, -0.25) is 4.79 Å². The van der Waals surface area contributed by atoms with E-state index < -0.39 is 5.97 Å². The monoisotopic (exact) mass is 349 g/mol. The van der Waals surface area contributed by atoms with Gasteiger partial charge in [-0.1, -0.05) is 6.07 Å². The minimum absolute atomic E-state index is 0.0238. The maximum atomic E-state index is 13.3. The Morgan fingerprint density at radius 2 is 2.00 bits per heavy atom. The summed E-state index contributed by atoms with van der Waals surface area (Å²) >= 11 is 0. The highest BCUT2D eigenvalue weighted by atomic mass is 16.5. The SMILES string of the molecule is COc1c(C(=O)O)cccc1C(=O)N1CC(CO)CC12CCOCC2. The summed E-state index contributed by atoms with van der Waals surface area (Å²) in [5, 5.41) is 18.9. The molecule has 1 aromatic rings. The van der Waals surface area contributed by atoms with Gasteiger partial charge in [-0.25, -0.2) is 4.79 Å². The lowest BCUT2D eigenvalue weighted by Gasteiger charge is -2.41.